The van der Waals surface area contributed by atoms with Gasteiger partial charge >= 0.3 is 0 Å². The first-order valence-corrected chi connectivity index (χ1v) is 9.10. The fourth-order valence-electron chi connectivity index (χ4n) is 2.19. The van der Waals surface area contributed by atoms with Gasteiger partial charge < -0.3 is 5.32 Å². The van der Waals surface area contributed by atoms with Gasteiger partial charge in [0.15, 0.2) is 0 Å². The first kappa shape index (κ1) is 15.8. The van der Waals surface area contributed by atoms with Crippen molar-refractivity contribution in [3.63, 3.8) is 0 Å². The third kappa shape index (κ3) is 3.83. The van der Waals surface area contributed by atoms with Gasteiger partial charge in [-0.2, -0.15) is 5.10 Å². The highest BCUT2D eigenvalue weighted by Crippen LogP contribution is 2.22. The summed E-state index contributed by atoms with van der Waals surface area (Å²) in [6.07, 6.45) is 3.66. The van der Waals surface area contributed by atoms with Crippen LogP contribution >= 0.6 is 22.9 Å². The second-order valence-electron chi connectivity index (χ2n) is 5.00. The predicted molar refractivity (Wildman–Crippen MR) is 91.8 cm³/mol. The second-order valence-corrected chi connectivity index (χ2v) is 6.70. The molecule has 23 heavy (non-hydrogen) atoms. The first-order chi connectivity index (χ1) is 11.3. The van der Waals surface area contributed by atoms with E-state index in [4.69, 9.17) is 0 Å². The normalized spacial score (nSPS) is 10.8. The summed E-state index contributed by atoms with van der Waals surface area (Å²) in [5.74, 6) is -0.103. The van der Waals surface area contributed by atoms with Crippen LogP contribution in [0.25, 0.3) is 10.6 Å². The van der Waals surface area contributed by atoms with Gasteiger partial charge in [0.05, 0.1) is 17.1 Å². The highest BCUT2D eigenvalue weighted by molar-refractivity contribution is 7.13. The molecule has 120 valence electrons. The Balaban J connectivity index is 1.53. The van der Waals surface area contributed by atoms with Crippen LogP contribution in [0.5, 0.6) is 0 Å². The van der Waals surface area contributed by atoms with Crippen LogP contribution in [-0.4, -0.2) is 31.8 Å². The standard InChI is InChI=1S/C15H17N5OS2/c1-2-4-12-14(23-19-17-12)15(21)16-7-9-20-8-6-11(18-20)13-5-3-10-22-13/h3,5-6,8,10H,2,4,7,9H2,1H3,(H,16,21). The molecule has 0 radical (unpaired) electrons. The van der Waals surface area contributed by atoms with Crippen molar-refractivity contribution in [2.24, 2.45) is 0 Å². The van der Waals surface area contributed by atoms with Crippen molar-refractivity contribution < 1.29 is 4.79 Å². The van der Waals surface area contributed by atoms with Crippen LogP contribution in [0, 0.1) is 0 Å². The van der Waals surface area contributed by atoms with Gasteiger partial charge in [-0.15, -0.1) is 16.4 Å². The highest BCUT2D eigenvalue weighted by atomic mass is 32.1. The van der Waals surface area contributed by atoms with Gasteiger partial charge in [-0.3, -0.25) is 9.48 Å². The average Bonchev–Trinajstić information content (AvgIpc) is 3.28. The van der Waals surface area contributed by atoms with E-state index in [1.165, 1.54) is 0 Å². The molecule has 0 spiro atoms. The Morgan fingerprint density at radius 2 is 2.30 bits per heavy atom. The highest BCUT2D eigenvalue weighted by Gasteiger charge is 2.15. The van der Waals surface area contributed by atoms with Crippen molar-refractivity contribution in [2.45, 2.75) is 26.3 Å². The first-order valence-electron chi connectivity index (χ1n) is 7.44. The van der Waals surface area contributed by atoms with Gasteiger partial charge in [0.2, 0.25) is 0 Å². The minimum atomic E-state index is -0.103. The Hall–Kier alpha value is -2.06. The molecule has 0 saturated heterocycles. The molecule has 1 amide bonds. The minimum absolute atomic E-state index is 0.103. The number of nitrogens with one attached hydrogen (secondary N) is 1. The summed E-state index contributed by atoms with van der Waals surface area (Å²) in [4.78, 5) is 13.9. The van der Waals surface area contributed by atoms with Crippen molar-refractivity contribution in [1.29, 1.82) is 0 Å². The zero-order valence-corrected chi connectivity index (χ0v) is 14.4. The zero-order valence-electron chi connectivity index (χ0n) is 12.7. The number of aromatic nitrogens is 4. The molecule has 0 aliphatic carbocycles. The van der Waals surface area contributed by atoms with E-state index >= 15 is 0 Å². The monoisotopic (exact) mass is 347 g/mol. The molecule has 0 saturated carbocycles. The summed E-state index contributed by atoms with van der Waals surface area (Å²) in [7, 11) is 0. The van der Waals surface area contributed by atoms with Crippen molar-refractivity contribution in [1.82, 2.24) is 24.7 Å². The molecule has 1 N–H and O–H groups in total. The molecule has 3 aromatic heterocycles. The SMILES string of the molecule is CCCc1nnsc1C(=O)NCCn1ccc(-c2cccs2)n1. The summed E-state index contributed by atoms with van der Waals surface area (Å²) >= 11 is 2.82. The van der Waals surface area contributed by atoms with Crippen LogP contribution in [0.1, 0.15) is 28.7 Å². The number of hydrogen-bond acceptors (Lipinski definition) is 6. The van der Waals surface area contributed by atoms with Gasteiger partial charge in [-0.1, -0.05) is 23.9 Å². The Kier molecular flexibility index (Phi) is 5.14. The molecular weight excluding hydrogens is 330 g/mol. The Morgan fingerprint density at radius 1 is 1.39 bits per heavy atom. The minimum Gasteiger partial charge on any atom is -0.349 e. The number of carbonyl (C=O) groups is 1. The van der Waals surface area contributed by atoms with Crippen LogP contribution in [0.4, 0.5) is 0 Å². The number of nitrogens with zero attached hydrogens (tertiary/aromatic N) is 4. The summed E-state index contributed by atoms with van der Waals surface area (Å²) in [5, 5.41) is 13.5. The number of rotatable bonds is 7. The molecule has 0 fully saturated rings. The fraction of sp³-hybridized carbons (Fsp3) is 0.333. The van der Waals surface area contributed by atoms with Crippen LogP contribution in [-0.2, 0) is 13.0 Å². The molecule has 0 aromatic carbocycles. The lowest BCUT2D eigenvalue weighted by Gasteiger charge is -2.04. The van der Waals surface area contributed by atoms with Gasteiger partial charge in [0, 0.05) is 12.7 Å². The second kappa shape index (κ2) is 7.47. The summed E-state index contributed by atoms with van der Waals surface area (Å²) in [6, 6.07) is 6.04. The Bertz CT molecular complexity index is 763. The topological polar surface area (TPSA) is 72.7 Å². The number of thiophene rings is 1. The third-order valence-corrected chi connectivity index (χ3v) is 4.95. The molecule has 0 unspecified atom stereocenters. The van der Waals surface area contributed by atoms with Crippen molar-refractivity contribution >= 4 is 28.8 Å². The van der Waals surface area contributed by atoms with Crippen molar-refractivity contribution in [3.8, 4) is 10.6 Å². The largest absolute Gasteiger partial charge is 0.349 e. The molecule has 6 nitrogen and oxygen atoms in total. The summed E-state index contributed by atoms with van der Waals surface area (Å²) in [5.41, 5.74) is 1.75. The van der Waals surface area contributed by atoms with Crippen molar-refractivity contribution in [3.05, 3.63) is 40.3 Å². The molecule has 8 heteroatoms. The van der Waals surface area contributed by atoms with Gasteiger partial charge in [-0.05, 0) is 35.5 Å². The van der Waals surface area contributed by atoms with E-state index < -0.39 is 0 Å². The maximum absolute atomic E-state index is 12.2. The molecule has 0 atom stereocenters. The molecule has 3 aromatic rings. The number of carbonyl (C=O) groups excluding carboxylic acids is 1. The lowest BCUT2D eigenvalue weighted by atomic mass is 10.2. The quantitative estimate of drug-likeness (QED) is 0.713. The predicted octanol–water partition coefficient (Wildman–Crippen LogP) is 2.85. The molecular formula is C15H17N5OS2. The molecule has 0 aliphatic rings. The van der Waals surface area contributed by atoms with Gasteiger partial charge in [-0.25, -0.2) is 0 Å². The van der Waals surface area contributed by atoms with Crippen LogP contribution in [0.15, 0.2) is 29.8 Å². The van der Waals surface area contributed by atoms with Crippen molar-refractivity contribution in [2.75, 3.05) is 6.54 Å². The summed E-state index contributed by atoms with van der Waals surface area (Å²) < 4.78 is 5.71. The average molecular weight is 347 g/mol. The molecule has 0 aliphatic heterocycles. The third-order valence-electron chi connectivity index (χ3n) is 3.29. The van der Waals surface area contributed by atoms with E-state index in [2.05, 4.69) is 26.9 Å². The maximum atomic E-state index is 12.2. The Morgan fingerprint density at radius 3 is 3.09 bits per heavy atom. The van der Waals surface area contributed by atoms with E-state index in [1.54, 1.807) is 11.3 Å². The number of amides is 1. The smallest absolute Gasteiger partial charge is 0.265 e. The van der Waals surface area contributed by atoms with Crippen LogP contribution in [0.2, 0.25) is 0 Å². The van der Waals surface area contributed by atoms with Gasteiger partial charge in [0.25, 0.3) is 5.91 Å². The van der Waals surface area contributed by atoms with E-state index in [0.29, 0.717) is 18.0 Å². The fourth-order valence-corrected chi connectivity index (χ4v) is 3.50. The van der Waals surface area contributed by atoms with Crippen LogP contribution < -0.4 is 5.32 Å². The van der Waals surface area contributed by atoms with E-state index in [-0.39, 0.29) is 5.91 Å². The molecule has 0 bridgehead atoms. The van der Waals surface area contributed by atoms with E-state index in [1.807, 2.05) is 34.5 Å². The maximum Gasteiger partial charge on any atom is 0.265 e. The molecule has 3 rings (SSSR count). The van der Waals surface area contributed by atoms with E-state index in [9.17, 15) is 4.79 Å². The molecule has 3 heterocycles. The Labute approximate surface area is 142 Å². The van der Waals surface area contributed by atoms with Crippen LogP contribution in [0.3, 0.4) is 0 Å². The lowest BCUT2D eigenvalue weighted by Crippen LogP contribution is -2.27. The number of hydrogen-bond donors (Lipinski definition) is 1. The summed E-state index contributed by atoms with van der Waals surface area (Å²) in [6.45, 7) is 3.21. The lowest BCUT2D eigenvalue weighted by molar-refractivity contribution is 0.0955. The van der Waals surface area contributed by atoms with E-state index in [0.717, 1.165) is 40.6 Å². The zero-order chi connectivity index (χ0) is 16.1. The van der Waals surface area contributed by atoms with Gasteiger partial charge in [0.1, 0.15) is 10.6 Å². The number of aryl methyl sites for hydroxylation is 1.